The summed E-state index contributed by atoms with van der Waals surface area (Å²) in [5.74, 6) is 0.825. The molecule has 2 aromatic carbocycles. The Bertz CT molecular complexity index is 937. The number of nitrogens with one attached hydrogen (secondary N) is 1. The zero-order chi connectivity index (χ0) is 19.9. The van der Waals surface area contributed by atoms with Gasteiger partial charge in [-0.1, -0.05) is 52.7 Å². The molecule has 3 aromatic rings. The van der Waals surface area contributed by atoms with Crippen LogP contribution in [0.1, 0.15) is 11.9 Å². The highest BCUT2D eigenvalue weighted by Gasteiger charge is 2.18. The van der Waals surface area contributed by atoms with Gasteiger partial charge in [-0.2, -0.15) is 0 Å². The molecule has 146 valence electrons. The van der Waals surface area contributed by atoms with Gasteiger partial charge in [0, 0.05) is 11.4 Å². The van der Waals surface area contributed by atoms with E-state index in [9.17, 15) is 4.79 Å². The molecule has 28 heavy (non-hydrogen) atoms. The number of ether oxygens (including phenoxy) is 2. The molecule has 0 spiro atoms. The molecule has 1 heterocycles. The molecule has 1 aromatic heterocycles. The summed E-state index contributed by atoms with van der Waals surface area (Å²) in [6, 6.07) is 14.3. The highest BCUT2D eigenvalue weighted by atomic mass is 35.5. The Hall–Kier alpha value is -2.35. The van der Waals surface area contributed by atoms with E-state index in [2.05, 4.69) is 15.5 Å². The number of benzene rings is 2. The van der Waals surface area contributed by atoms with Crippen molar-refractivity contribution < 1.29 is 14.3 Å². The lowest BCUT2D eigenvalue weighted by molar-refractivity contribution is -0.122. The Morgan fingerprint density at radius 3 is 2.71 bits per heavy atom. The van der Waals surface area contributed by atoms with E-state index < -0.39 is 6.10 Å². The second-order valence-electron chi connectivity index (χ2n) is 5.74. The van der Waals surface area contributed by atoms with Gasteiger partial charge in [0.15, 0.2) is 6.10 Å². The lowest BCUT2D eigenvalue weighted by Gasteiger charge is -2.14. The molecule has 0 saturated heterocycles. The van der Waals surface area contributed by atoms with Crippen LogP contribution in [-0.4, -0.2) is 28.8 Å². The van der Waals surface area contributed by atoms with E-state index in [4.69, 9.17) is 32.7 Å². The third-order valence-electron chi connectivity index (χ3n) is 3.59. The van der Waals surface area contributed by atoms with E-state index in [-0.39, 0.29) is 5.91 Å². The zero-order valence-corrected chi connectivity index (χ0v) is 17.2. The maximum atomic E-state index is 12.3. The van der Waals surface area contributed by atoms with Crippen LogP contribution in [0.4, 0.5) is 5.13 Å². The largest absolute Gasteiger partial charge is 0.493 e. The van der Waals surface area contributed by atoms with Crippen molar-refractivity contribution in [3.63, 3.8) is 0 Å². The van der Waals surface area contributed by atoms with Crippen molar-refractivity contribution in [2.24, 2.45) is 0 Å². The van der Waals surface area contributed by atoms with E-state index in [1.807, 2.05) is 30.3 Å². The first-order chi connectivity index (χ1) is 13.5. The Morgan fingerprint density at radius 2 is 1.96 bits per heavy atom. The van der Waals surface area contributed by atoms with Crippen molar-refractivity contribution in [1.82, 2.24) is 10.2 Å². The predicted molar refractivity (Wildman–Crippen MR) is 111 cm³/mol. The quantitative estimate of drug-likeness (QED) is 0.543. The predicted octanol–water partition coefficient (Wildman–Crippen LogP) is 4.87. The number of anilines is 1. The molecule has 0 fully saturated rings. The molecule has 1 unspecified atom stereocenters. The van der Waals surface area contributed by atoms with Crippen LogP contribution in [0.25, 0.3) is 0 Å². The molecule has 6 nitrogen and oxygen atoms in total. The van der Waals surface area contributed by atoms with Gasteiger partial charge in [-0.3, -0.25) is 10.1 Å². The van der Waals surface area contributed by atoms with Gasteiger partial charge in [0.1, 0.15) is 16.5 Å². The van der Waals surface area contributed by atoms with Gasteiger partial charge in [0.2, 0.25) is 5.13 Å². The first-order valence-electron chi connectivity index (χ1n) is 8.44. The van der Waals surface area contributed by atoms with Crippen LogP contribution < -0.4 is 14.8 Å². The number of carbonyl (C=O) groups excluding carboxylic acids is 1. The van der Waals surface area contributed by atoms with Crippen molar-refractivity contribution in [3.8, 4) is 11.5 Å². The van der Waals surface area contributed by atoms with Crippen molar-refractivity contribution in [3.05, 3.63) is 63.6 Å². The van der Waals surface area contributed by atoms with Crippen molar-refractivity contribution >= 4 is 45.6 Å². The summed E-state index contributed by atoms with van der Waals surface area (Å²) < 4.78 is 11.2. The summed E-state index contributed by atoms with van der Waals surface area (Å²) >= 11 is 13.2. The van der Waals surface area contributed by atoms with Crippen LogP contribution in [0.3, 0.4) is 0 Å². The fourth-order valence-electron chi connectivity index (χ4n) is 2.20. The monoisotopic (exact) mass is 437 g/mol. The third-order valence-corrected chi connectivity index (χ3v) is 5.02. The number of nitrogens with zero attached hydrogens (tertiary/aromatic N) is 2. The van der Waals surface area contributed by atoms with E-state index in [1.54, 1.807) is 25.1 Å². The summed E-state index contributed by atoms with van der Waals surface area (Å²) in [5, 5.41) is 12.7. The molecule has 1 N–H and O–H groups in total. The maximum absolute atomic E-state index is 12.3. The number of halogens is 2. The van der Waals surface area contributed by atoms with Crippen LogP contribution in [-0.2, 0) is 11.2 Å². The van der Waals surface area contributed by atoms with Gasteiger partial charge in [-0.05, 0) is 37.3 Å². The highest BCUT2D eigenvalue weighted by Crippen LogP contribution is 2.28. The van der Waals surface area contributed by atoms with Crippen molar-refractivity contribution in [1.29, 1.82) is 0 Å². The van der Waals surface area contributed by atoms with Crippen molar-refractivity contribution in [2.45, 2.75) is 19.4 Å². The molecule has 1 amide bonds. The first kappa shape index (κ1) is 20.4. The van der Waals surface area contributed by atoms with Crippen LogP contribution >= 0.6 is 34.5 Å². The lowest BCUT2D eigenvalue weighted by Crippen LogP contribution is -2.30. The maximum Gasteiger partial charge on any atom is 0.266 e. The standard InChI is InChI=1S/C19H17Cl2N3O3S/c1-12(27-16-8-7-13(20)11-15(16)21)18(25)22-19-24-23-17(28-19)9-10-26-14-5-3-2-4-6-14/h2-8,11-12H,9-10H2,1H3,(H,22,24,25). The zero-order valence-electron chi connectivity index (χ0n) is 14.9. The van der Waals surface area contributed by atoms with Crippen LogP contribution in [0, 0.1) is 0 Å². The number of hydrogen-bond acceptors (Lipinski definition) is 6. The number of aromatic nitrogens is 2. The fraction of sp³-hybridized carbons (Fsp3) is 0.211. The molecule has 3 rings (SSSR count). The van der Waals surface area contributed by atoms with Crippen molar-refractivity contribution in [2.75, 3.05) is 11.9 Å². The molecule has 1 atom stereocenters. The Balaban J connectivity index is 1.48. The summed E-state index contributed by atoms with van der Waals surface area (Å²) in [6.45, 7) is 2.09. The minimum Gasteiger partial charge on any atom is -0.493 e. The third kappa shape index (κ3) is 5.82. The summed E-state index contributed by atoms with van der Waals surface area (Å²) in [6.07, 6.45) is -0.179. The Labute approximate surface area is 176 Å². The molecule has 0 bridgehead atoms. The SMILES string of the molecule is CC(Oc1ccc(Cl)cc1Cl)C(=O)Nc1nnc(CCOc2ccccc2)s1. The molecule has 0 aliphatic heterocycles. The van der Waals surface area contributed by atoms with E-state index >= 15 is 0 Å². The van der Waals surface area contributed by atoms with Crippen LogP contribution in [0.5, 0.6) is 11.5 Å². The van der Waals surface area contributed by atoms with Gasteiger partial charge < -0.3 is 9.47 Å². The molecule has 0 aliphatic rings. The van der Waals surface area contributed by atoms with Gasteiger partial charge in [0.25, 0.3) is 5.91 Å². The number of hydrogen-bond donors (Lipinski definition) is 1. The number of para-hydroxylation sites is 1. The molecular weight excluding hydrogens is 421 g/mol. The smallest absolute Gasteiger partial charge is 0.266 e. The van der Waals surface area contributed by atoms with Crippen LogP contribution in [0.15, 0.2) is 48.5 Å². The van der Waals surface area contributed by atoms with Gasteiger partial charge in [0.05, 0.1) is 11.6 Å². The number of amides is 1. The van der Waals surface area contributed by atoms with E-state index in [0.29, 0.717) is 34.0 Å². The fourth-order valence-corrected chi connectivity index (χ4v) is 3.38. The van der Waals surface area contributed by atoms with E-state index in [0.717, 1.165) is 10.8 Å². The number of carbonyl (C=O) groups is 1. The van der Waals surface area contributed by atoms with Gasteiger partial charge >= 0.3 is 0 Å². The average Bonchev–Trinajstić information content (AvgIpc) is 3.12. The Kier molecular flexibility index (Phi) is 7.08. The molecule has 0 aliphatic carbocycles. The topological polar surface area (TPSA) is 73.3 Å². The average molecular weight is 438 g/mol. The molecule has 0 radical (unpaired) electrons. The van der Waals surface area contributed by atoms with Gasteiger partial charge in [-0.15, -0.1) is 10.2 Å². The molecule has 0 saturated carbocycles. The van der Waals surface area contributed by atoms with Crippen LogP contribution in [0.2, 0.25) is 10.0 Å². The normalized spacial score (nSPS) is 11.7. The minimum absolute atomic E-state index is 0.337. The van der Waals surface area contributed by atoms with Gasteiger partial charge in [-0.25, -0.2) is 0 Å². The van der Waals surface area contributed by atoms with E-state index in [1.165, 1.54) is 11.3 Å². The second kappa shape index (κ2) is 9.73. The molecule has 9 heteroatoms. The Morgan fingerprint density at radius 1 is 1.18 bits per heavy atom. The molecular formula is C19H17Cl2N3O3S. The summed E-state index contributed by atoms with van der Waals surface area (Å²) in [4.78, 5) is 12.3. The summed E-state index contributed by atoms with van der Waals surface area (Å²) in [5.41, 5.74) is 0. The second-order valence-corrected chi connectivity index (χ2v) is 7.64. The minimum atomic E-state index is -0.771. The first-order valence-corrected chi connectivity index (χ1v) is 10.0. The number of rotatable bonds is 8. The highest BCUT2D eigenvalue weighted by molar-refractivity contribution is 7.15. The lowest BCUT2D eigenvalue weighted by atomic mass is 10.3. The summed E-state index contributed by atoms with van der Waals surface area (Å²) in [7, 11) is 0.